The van der Waals surface area contributed by atoms with Gasteiger partial charge in [0.1, 0.15) is 0 Å². The Morgan fingerprint density at radius 3 is 2.50 bits per heavy atom. The first-order chi connectivity index (χ1) is 7.72. The molecule has 0 aliphatic heterocycles. The summed E-state index contributed by atoms with van der Waals surface area (Å²) in [6, 6.07) is 7.84. The molecule has 2 aromatic rings. The molecule has 0 fully saturated rings. The molecule has 0 saturated heterocycles. The van der Waals surface area contributed by atoms with Gasteiger partial charge >= 0.3 is 0 Å². The van der Waals surface area contributed by atoms with Crippen molar-refractivity contribution in [2.75, 3.05) is 0 Å². The summed E-state index contributed by atoms with van der Waals surface area (Å²) in [5.74, 6) is 0.426. The zero-order valence-electron chi connectivity index (χ0n) is 9.57. The van der Waals surface area contributed by atoms with Crippen LogP contribution >= 0.6 is 0 Å². The summed E-state index contributed by atoms with van der Waals surface area (Å²) in [4.78, 5) is 7.52. The van der Waals surface area contributed by atoms with Gasteiger partial charge in [-0.1, -0.05) is 38.1 Å². The number of H-pyrrole nitrogens is 1. The van der Waals surface area contributed by atoms with Crippen LogP contribution in [0.5, 0.6) is 0 Å². The zero-order chi connectivity index (χ0) is 11.5. The standard InChI is InChI=1S/C13H16N2O/c1-9(2)12-13(15-8-14-12)11-5-3-10(7-16)4-6-11/h3-6,8-9,16H,7H2,1-2H3,(H,14,15). The first-order valence-electron chi connectivity index (χ1n) is 5.46. The number of hydrogen-bond acceptors (Lipinski definition) is 2. The number of aliphatic hydroxyl groups excluding tert-OH is 1. The highest BCUT2D eigenvalue weighted by Crippen LogP contribution is 2.25. The lowest BCUT2D eigenvalue weighted by Gasteiger charge is -2.06. The van der Waals surface area contributed by atoms with Gasteiger partial charge in [0.25, 0.3) is 0 Å². The molecular weight excluding hydrogens is 200 g/mol. The molecule has 16 heavy (non-hydrogen) atoms. The Hall–Kier alpha value is -1.61. The van der Waals surface area contributed by atoms with Crippen molar-refractivity contribution in [2.45, 2.75) is 26.4 Å². The minimum Gasteiger partial charge on any atom is -0.392 e. The Morgan fingerprint density at radius 1 is 1.25 bits per heavy atom. The van der Waals surface area contributed by atoms with Gasteiger partial charge in [0.15, 0.2) is 0 Å². The molecule has 0 saturated carbocycles. The average molecular weight is 216 g/mol. The maximum Gasteiger partial charge on any atom is 0.0929 e. The molecule has 0 unspecified atom stereocenters. The van der Waals surface area contributed by atoms with E-state index in [1.54, 1.807) is 6.33 Å². The van der Waals surface area contributed by atoms with Crippen molar-refractivity contribution in [3.05, 3.63) is 41.9 Å². The number of nitrogens with one attached hydrogen (secondary N) is 1. The van der Waals surface area contributed by atoms with Crippen molar-refractivity contribution >= 4 is 0 Å². The van der Waals surface area contributed by atoms with Crippen LogP contribution < -0.4 is 0 Å². The second-order valence-corrected chi connectivity index (χ2v) is 4.17. The van der Waals surface area contributed by atoms with Gasteiger partial charge in [-0.15, -0.1) is 0 Å². The van der Waals surface area contributed by atoms with Gasteiger partial charge in [-0.3, -0.25) is 0 Å². The van der Waals surface area contributed by atoms with Crippen LogP contribution in [0.25, 0.3) is 11.3 Å². The lowest BCUT2D eigenvalue weighted by Crippen LogP contribution is -1.91. The number of benzene rings is 1. The smallest absolute Gasteiger partial charge is 0.0929 e. The Morgan fingerprint density at radius 2 is 1.94 bits per heavy atom. The molecule has 0 aliphatic carbocycles. The zero-order valence-corrected chi connectivity index (χ0v) is 9.57. The van der Waals surface area contributed by atoms with Crippen LogP contribution in [0, 0.1) is 0 Å². The molecule has 0 spiro atoms. The van der Waals surface area contributed by atoms with E-state index in [-0.39, 0.29) is 6.61 Å². The fraction of sp³-hybridized carbons (Fsp3) is 0.308. The molecule has 0 aliphatic rings. The van der Waals surface area contributed by atoms with E-state index < -0.39 is 0 Å². The second-order valence-electron chi connectivity index (χ2n) is 4.17. The van der Waals surface area contributed by atoms with Crippen molar-refractivity contribution in [1.82, 2.24) is 9.97 Å². The average Bonchev–Trinajstić information content (AvgIpc) is 2.78. The highest BCUT2D eigenvalue weighted by Gasteiger charge is 2.10. The number of nitrogens with zero attached hydrogens (tertiary/aromatic N) is 1. The summed E-state index contributed by atoms with van der Waals surface area (Å²) in [6.45, 7) is 4.36. The van der Waals surface area contributed by atoms with Crippen molar-refractivity contribution in [1.29, 1.82) is 0 Å². The molecule has 0 bridgehead atoms. The number of hydrogen-bond donors (Lipinski definition) is 2. The Kier molecular flexibility index (Phi) is 3.06. The van der Waals surface area contributed by atoms with Gasteiger partial charge in [0.2, 0.25) is 0 Å². The topological polar surface area (TPSA) is 48.9 Å². The first kappa shape index (κ1) is 10.9. The molecular formula is C13H16N2O. The van der Waals surface area contributed by atoms with E-state index in [1.165, 1.54) is 0 Å². The fourth-order valence-electron chi connectivity index (χ4n) is 1.74. The summed E-state index contributed by atoms with van der Waals surface area (Å²) >= 11 is 0. The normalized spacial score (nSPS) is 11.0. The van der Waals surface area contributed by atoms with Gasteiger partial charge in [-0.05, 0) is 11.5 Å². The lowest BCUT2D eigenvalue weighted by atomic mass is 10.0. The van der Waals surface area contributed by atoms with Crippen LogP contribution in [-0.4, -0.2) is 15.1 Å². The van der Waals surface area contributed by atoms with Crippen LogP contribution in [0.1, 0.15) is 31.0 Å². The van der Waals surface area contributed by atoms with Crippen LogP contribution in [0.4, 0.5) is 0 Å². The molecule has 0 amide bonds. The highest BCUT2D eigenvalue weighted by molar-refractivity contribution is 5.62. The minimum atomic E-state index is 0.0812. The third-order valence-electron chi connectivity index (χ3n) is 2.66. The molecule has 0 atom stereocenters. The van der Waals surface area contributed by atoms with E-state index in [1.807, 2.05) is 24.3 Å². The molecule has 3 nitrogen and oxygen atoms in total. The third kappa shape index (κ3) is 1.99. The predicted octanol–water partition coefficient (Wildman–Crippen LogP) is 2.69. The van der Waals surface area contributed by atoms with E-state index in [4.69, 9.17) is 5.11 Å². The summed E-state index contributed by atoms with van der Waals surface area (Å²) in [7, 11) is 0. The maximum atomic E-state index is 8.98. The Balaban J connectivity index is 2.38. The van der Waals surface area contributed by atoms with E-state index >= 15 is 0 Å². The van der Waals surface area contributed by atoms with Crippen LogP contribution in [-0.2, 0) is 6.61 Å². The van der Waals surface area contributed by atoms with Gasteiger partial charge in [-0.2, -0.15) is 0 Å². The number of aliphatic hydroxyl groups is 1. The van der Waals surface area contributed by atoms with E-state index in [0.29, 0.717) is 5.92 Å². The molecule has 2 N–H and O–H groups in total. The monoisotopic (exact) mass is 216 g/mol. The van der Waals surface area contributed by atoms with Gasteiger partial charge < -0.3 is 10.1 Å². The van der Waals surface area contributed by atoms with Crippen molar-refractivity contribution in [2.24, 2.45) is 0 Å². The molecule has 2 rings (SSSR count). The van der Waals surface area contributed by atoms with Gasteiger partial charge in [-0.25, -0.2) is 4.98 Å². The largest absolute Gasteiger partial charge is 0.392 e. The summed E-state index contributed by atoms with van der Waals surface area (Å²) < 4.78 is 0. The number of aromatic amines is 1. The van der Waals surface area contributed by atoms with Crippen LogP contribution in [0.15, 0.2) is 30.6 Å². The molecule has 1 aromatic carbocycles. The lowest BCUT2D eigenvalue weighted by molar-refractivity contribution is 0.282. The predicted molar refractivity (Wildman–Crippen MR) is 64.0 cm³/mol. The summed E-state index contributed by atoms with van der Waals surface area (Å²) in [5.41, 5.74) is 4.16. The van der Waals surface area contributed by atoms with E-state index in [2.05, 4.69) is 23.8 Å². The molecule has 0 radical (unpaired) electrons. The molecule has 84 valence electrons. The number of imidazole rings is 1. The first-order valence-corrected chi connectivity index (χ1v) is 5.46. The van der Waals surface area contributed by atoms with Gasteiger partial charge in [0, 0.05) is 11.3 Å². The summed E-state index contributed by atoms with van der Waals surface area (Å²) in [6.07, 6.45) is 1.73. The molecule has 1 aromatic heterocycles. The Bertz CT molecular complexity index is 457. The highest BCUT2D eigenvalue weighted by atomic mass is 16.3. The van der Waals surface area contributed by atoms with Crippen molar-refractivity contribution in [3.63, 3.8) is 0 Å². The van der Waals surface area contributed by atoms with Crippen LogP contribution in [0.2, 0.25) is 0 Å². The maximum absolute atomic E-state index is 8.98. The third-order valence-corrected chi connectivity index (χ3v) is 2.66. The van der Waals surface area contributed by atoms with E-state index in [9.17, 15) is 0 Å². The van der Waals surface area contributed by atoms with Gasteiger partial charge in [0.05, 0.1) is 18.6 Å². The summed E-state index contributed by atoms with van der Waals surface area (Å²) in [5, 5.41) is 8.98. The number of rotatable bonds is 3. The number of aromatic nitrogens is 2. The van der Waals surface area contributed by atoms with Crippen molar-refractivity contribution in [3.8, 4) is 11.3 Å². The van der Waals surface area contributed by atoms with Crippen LogP contribution in [0.3, 0.4) is 0 Å². The minimum absolute atomic E-state index is 0.0812. The van der Waals surface area contributed by atoms with E-state index in [0.717, 1.165) is 22.5 Å². The quantitative estimate of drug-likeness (QED) is 0.828. The molecule has 1 heterocycles. The second kappa shape index (κ2) is 4.49. The molecule has 3 heteroatoms. The van der Waals surface area contributed by atoms with Crippen molar-refractivity contribution < 1.29 is 5.11 Å². The SMILES string of the molecule is CC(C)c1[nH]cnc1-c1ccc(CO)cc1. The Labute approximate surface area is 95.2 Å². The fourth-order valence-corrected chi connectivity index (χ4v) is 1.74.